The summed E-state index contributed by atoms with van der Waals surface area (Å²) in [6, 6.07) is 6.95. The van der Waals surface area contributed by atoms with Crippen molar-refractivity contribution < 1.29 is 30.8 Å². The van der Waals surface area contributed by atoms with E-state index < -0.39 is 45.7 Å². The van der Waals surface area contributed by atoms with Crippen molar-refractivity contribution in [3.63, 3.8) is 0 Å². The van der Waals surface area contributed by atoms with E-state index in [9.17, 15) is 30.8 Å². The number of amides is 1. The zero-order valence-electron chi connectivity index (χ0n) is 13.7. The molecular formula is C16H13ClF4N2O3S. The highest BCUT2D eigenvalue weighted by atomic mass is 35.5. The van der Waals surface area contributed by atoms with Crippen LogP contribution < -0.4 is 9.62 Å². The monoisotopic (exact) mass is 424 g/mol. The molecule has 2 aromatic carbocycles. The fourth-order valence-corrected chi connectivity index (χ4v) is 3.29. The van der Waals surface area contributed by atoms with Crippen LogP contribution in [0.15, 0.2) is 42.5 Å². The Labute approximate surface area is 157 Å². The molecule has 0 fully saturated rings. The largest absolute Gasteiger partial charge is 0.416 e. The van der Waals surface area contributed by atoms with Gasteiger partial charge in [0.1, 0.15) is 12.4 Å². The van der Waals surface area contributed by atoms with Gasteiger partial charge >= 0.3 is 6.18 Å². The van der Waals surface area contributed by atoms with E-state index >= 15 is 0 Å². The Bertz CT molecular complexity index is 964. The molecule has 0 aliphatic rings. The molecule has 1 N–H and O–H groups in total. The molecule has 0 unspecified atom stereocenters. The second kappa shape index (κ2) is 7.73. The molecule has 2 rings (SSSR count). The number of sulfonamides is 1. The van der Waals surface area contributed by atoms with Crippen LogP contribution in [0.25, 0.3) is 0 Å². The highest BCUT2D eigenvalue weighted by Crippen LogP contribution is 2.36. The zero-order valence-corrected chi connectivity index (χ0v) is 15.3. The smallest absolute Gasteiger partial charge is 0.324 e. The molecule has 11 heteroatoms. The van der Waals surface area contributed by atoms with E-state index in [0.29, 0.717) is 16.4 Å². The van der Waals surface area contributed by atoms with E-state index in [1.54, 1.807) is 0 Å². The minimum Gasteiger partial charge on any atom is -0.324 e. The number of hydrogen-bond acceptors (Lipinski definition) is 3. The maximum atomic E-state index is 13.2. The number of nitrogens with one attached hydrogen (secondary N) is 1. The molecule has 0 heterocycles. The number of alkyl halides is 3. The lowest BCUT2D eigenvalue weighted by Gasteiger charge is -2.24. The van der Waals surface area contributed by atoms with Crippen LogP contribution in [0.1, 0.15) is 5.56 Å². The van der Waals surface area contributed by atoms with E-state index in [1.165, 1.54) is 12.1 Å². The van der Waals surface area contributed by atoms with Gasteiger partial charge in [-0.25, -0.2) is 12.8 Å². The summed E-state index contributed by atoms with van der Waals surface area (Å²) in [7, 11) is -4.15. The van der Waals surface area contributed by atoms with Crippen molar-refractivity contribution in [3.05, 3.63) is 58.9 Å². The number of nitrogens with zero attached hydrogens (tertiary/aromatic N) is 1. The predicted octanol–water partition coefficient (Wildman–Crippen LogP) is 3.90. The Hall–Kier alpha value is -2.33. The average molecular weight is 425 g/mol. The normalized spacial score (nSPS) is 11.9. The minimum absolute atomic E-state index is 0.0589. The molecular weight excluding hydrogens is 412 g/mol. The van der Waals surface area contributed by atoms with Gasteiger partial charge in [0.2, 0.25) is 15.9 Å². The van der Waals surface area contributed by atoms with E-state index in [1.807, 2.05) is 0 Å². The molecule has 0 saturated carbocycles. The van der Waals surface area contributed by atoms with Gasteiger partial charge < -0.3 is 5.32 Å². The Morgan fingerprint density at radius 2 is 1.85 bits per heavy atom. The molecule has 0 radical (unpaired) electrons. The minimum atomic E-state index is -4.73. The van der Waals surface area contributed by atoms with Crippen LogP contribution in [0, 0.1) is 5.82 Å². The lowest BCUT2D eigenvalue weighted by atomic mass is 10.2. The Balaban J connectivity index is 2.35. The molecule has 0 aliphatic carbocycles. The van der Waals surface area contributed by atoms with E-state index in [-0.39, 0.29) is 10.7 Å². The van der Waals surface area contributed by atoms with Gasteiger partial charge in [-0.2, -0.15) is 13.2 Å². The van der Waals surface area contributed by atoms with Gasteiger partial charge in [-0.3, -0.25) is 9.10 Å². The fraction of sp³-hybridized carbons (Fsp3) is 0.188. The number of hydrogen-bond donors (Lipinski definition) is 1. The van der Waals surface area contributed by atoms with Gasteiger partial charge in [0.15, 0.2) is 0 Å². The summed E-state index contributed by atoms with van der Waals surface area (Å²) < 4.78 is 76.4. The molecule has 0 aliphatic heterocycles. The molecule has 1 amide bonds. The van der Waals surface area contributed by atoms with Crippen molar-refractivity contribution in [2.24, 2.45) is 0 Å². The second-order valence-corrected chi connectivity index (χ2v) is 7.81. The van der Waals surface area contributed by atoms with Gasteiger partial charge in [0.25, 0.3) is 0 Å². The van der Waals surface area contributed by atoms with Crippen LogP contribution in [0.4, 0.5) is 28.9 Å². The lowest BCUT2D eigenvalue weighted by molar-refractivity contribution is -0.137. The molecule has 2 aromatic rings. The first-order valence-electron chi connectivity index (χ1n) is 7.28. The van der Waals surface area contributed by atoms with Crippen LogP contribution in [0.3, 0.4) is 0 Å². The SMILES string of the molecule is CS(=O)(=O)N(CC(=O)Nc1cccc(F)c1)c1cc(C(F)(F)F)ccc1Cl. The van der Waals surface area contributed by atoms with E-state index in [4.69, 9.17) is 11.6 Å². The number of rotatable bonds is 5. The topological polar surface area (TPSA) is 66.5 Å². The van der Waals surface area contributed by atoms with Gasteiger partial charge in [-0.15, -0.1) is 0 Å². The molecule has 0 saturated heterocycles. The third-order valence-corrected chi connectivity index (χ3v) is 4.78. The van der Waals surface area contributed by atoms with Crippen LogP contribution in [-0.2, 0) is 21.0 Å². The van der Waals surface area contributed by atoms with Gasteiger partial charge in [0.05, 0.1) is 22.5 Å². The molecule has 0 aromatic heterocycles. The van der Waals surface area contributed by atoms with Crippen LogP contribution in [-0.4, -0.2) is 27.1 Å². The summed E-state index contributed by atoms with van der Waals surface area (Å²) in [5, 5.41) is 1.98. The van der Waals surface area contributed by atoms with Crippen molar-refractivity contribution in [3.8, 4) is 0 Å². The number of carbonyl (C=O) groups excluding carboxylic acids is 1. The van der Waals surface area contributed by atoms with Crippen molar-refractivity contribution in [2.75, 3.05) is 22.4 Å². The van der Waals surface area contributed by atoms with Gasteiger partial charge in [0, 0.05) is 5.69 Å². The lowest BCUT2D eigenvalue weighted by Crippen LogP contribution is -2.37. The van der Waals surface area contributed by atoms with E-state index in [2.05, 4.69) is 5.32 Å². The molecule has 0 atom stereocenters. The van der Waals surface area contributed by atoms with Crippen molar-refractivity contribution in [1.82, 2.24) is 0 Å². The number of halogens is 5. The Morgan fingerprint density at radius 3 is 2.41 bits per heavy atom. The fourth-order valence-electron chi connectivity index (χ4n) is 2.16. The van der Waals surface area contributed by atoms with Crippen LogP contribution >= 0.6 is 11.6 Å². The predicted molar refractivity (Wildman–Crippen MR) is 93.7 cm³/mol. The number of benzene rings is 2. The summed E-state index contributed by atoms with van der Waals surface area (Å²) in [4.78, 5) is 12.1. The summed E-state index contributed by atoms with van der Waals surface area (Å²) in [5.41, 5.74) is -1.56. The molecule has 146 valence electrons. The third-order valence-electron chi connectivity index (χ3n) is 3.34. The number of carbonyl (C=O) groups is 1. The molecule has 27 heavy (non-hydrogen) atoms. The Kier molecular flexibility index (Phi) is 6.01. The van der Waals surface area contributed by atoms with E-state index in [0.717, 1.165) is 24.5 Å². The summed E-state index contributed by atoms with van der Waals surface area (Å²) >= 11 is 5.86. The zero-order chi connectivity index (χ0) is 20.4. The Morgan fingerprint density at radius 1 is 1.19 bits per heavy atom. The number of anilines is 2. The molecule has 0 spiro atoms. The maximum Gasteiger partial charge on any atom is 0.416 e. The van der Waals surface area contributed by atoms with Crippen molar-refractivity contribution >= 4 is 38.9 Å². The second-order valence-electron chi connectivity index (χ2n) is 5.49. The van der Waals surface area contributed by atoms with Crippen LogP contribution in [0.5, 0.6) is 0 Å². The first-order valence-corrected chi connectivity index (χ1v) is 9.50. The van der Waals surface area contributed by atoms with Gasteiger partial charge in [-0.05, 0) is 36.4 Å². The van der Waals surface area contributed by atoms with Crippen molar-refractivity contribution in [1.29, 1.82) is 0 Å². The first-order chi connectivity index (χ1) is 12.4. The first kappa shape index (κ1) is 21.0. The third kappa shape index (κ3) is 5.57. The summed E-state index contributed by atoms with van der Waals surface area (Å²) in [5.74, 6) is -1.52. The molecule has 0 bridgehead atoms. The molecule has 5 nitrogen and oxygen atoms in total. The van der Waals surface area contributed by atoms with Gasteiger partial charge in [-0.1, -0.05) is 17.7 Å². The summed E-state index contributed by atoms with van der Waals surface area (Å²) in [6.07, 6.45) is -4.01. The van der Waals surface area contributed by atoms with Crippen molar-refractivity contribution in [2.45, 2.75) is 6.18 Å². The van der Waals surface area contributed by atoms with Crippen LogP contribution in [0.2, 0.25) is 5.02 Å². The quantitative estimate of drug-likeness (QED) is 0.740. The average Bonchev–Trinajstić information content (AvgIpc) is 2.51. The highest BCUT2D eigenvalue weighted by Gasteiger charge is 2.33. The summed E-state index contributed by atoms with van der Waals surface area (Å²) in [6.45, 7) is -0.851. The standard InChI is InChI=1S/C16H13ClF4N2O3S/c1-27(25,26)23(9-15(24)22-12-4-2-3-11(18)8-12)14-7-10(16(19,20)21)5-6-13(14)17/h2-8H,9H2,1H3,(H,22,24). The highest BCUT2D eigenvalue weighted by molar-refractivity contribution is 7.92. The maximum absolute atomic E-state index is 13.2.